The van der Waals surface area contributed by atoms with Crippen LogP contribution in [0.1, 0.15) is 23.6 Å². The van der Waals surface area contributed by atoms with Gasteiger partial charge >= 0.3 is 0 Å². The van der Waals surface area contributed by atoms with Gasteiger partial charge in [0, 0.05) is 22.0 Å². The molecule has 0 saturated carbocycles. The molecule has 0 spiro atoms. The number of aromatic nitrogens is 1. The first-order valence-electron chi connectivity index (χ1n) is 5.03. The average molecular weight is 302 g/mol. The van der Waals surface area contributed by atoms with Crippen molar-refractivity contribution in [1.82, 2.24) is 4.98 Å². The number of aliphatic hydroxyl groups is 1. The Morgan fingerprint density at radius 3 is 2.83 bits per heavy atom. The van der Waals surface area contributed by atoms with Gasteiger partial charge < -0.3 is 5.11 Å². The summed E-state index contributed by atoms with van der Waals surface area (Å²) < 4.78 is 1.33. The minimum absolute atomic E-state index is 0.0359. The van der Waals surface area contributed by atoms with Crippen molar-refractivity contribution in [3.63, 3.8) is 0 Å². The van der Waals surface area contributed by atoms with Crippen LogP contribution >= 0.6 is 34.4 Å². The zero-order chi connectivity index (χ0) is 13.3. The number of aliphatic hydroxyl groups excluding tert-OH is 1. The van der Waals surface area contributed by atoms with Crippen LogP contribution in [0.25, 0.3) is 0 Å². The van der Waals surface area contributed by atoms with Gasteiger partial charge in [-0.25, -0.2) is 4.98 Å². The quantitative estimate of drug-likeness (QED) is 0.689. The molecule has 2 aromatic heterocycles. The Bertz CT molecular complexity index is 577. The first-order valence-corrected chi connectivity index (χ1v) is 7.55. The molecule has 5 nitrogen and oxygen atoms in total. The van der Waals surface area contributed by atoms with Crippen molar-refractivity contribution in [2.45, 2.75) is 28.5 Å². The van der Waals surface area contributed by atoms with Crippen LogP contribution in [0.5, 0.6) is 0 Å². The van der Waals surface area contributed by atoms with Gasteiger partial charge in [-0.3, -0.25) is 10.1 Å². The van der Waals surface area contributed by atoms with Crippen LogP contribution in [0.3, 0.4) is 0 Å². The zero-order valence-corrected chi connectivity index (χ0v) is 12.1. The van der Waals surface area contributed by atoms with E-state index in [4.69, 9.17) is 0 Å². The summed E-state index contributed by atoms with van der Waals surface area (Å²) >= 11 is 3.97. The largest absolute Gasteiger partial charge is 0.388 e. The van der Waals surface area contributed by atoms with Gasteiger partial charge in [-0.2, -0.15) is 0 Å². The third-order valence-electron chi connectivity index (χ3n) is 2.09. The Morgan fingerprint density at radius 2 is 2.33 bits per heavy atom. The molecule has 0 saturated heterocycles. The minimum Gasteiger partial charge on any atom is -0.388 e. The number of nitrogens with zero attached hydrogens (tertiary/aromatic N) is 2. The fraction of sp³-hybridized carbons (Fsp3) is 0.300. The smallest absolute Gasteiger partial charge is 0.294 e. The summed E-state index contributed by atoms with van der Waals surface area (Å²) in [5.74, 6) is 0. The van der Waals surface area contributed by atoms with Gasteiger partial charge in [-0.05, 0) is 25.6 Å². The summed E-state index contributed by atoms with van der Waals surface area (Å²) in [6, 6.07) is 1.43. The molecule has 0 aliphatic rings. The molecule has 96 valence electrons. The molecule has 2 rings (SSSR count). The van der Waals surface area contributed by atoms with Crippen LogP contribution in [0.2, 0.25) is 0 Å². The van der Waals surface area contributed by atoms with Crippen LogP contribution in [-0.2, 0) is 0 Å². The van der Waals surface area contributed by atoms with E-state index >= 15 is 0 Å². The molecule has 0 bridgehead atoms. The van der Waals surface area contributed by atoms with Gasteiger partial charge in [0.25, 0.3) is 5.69 Å². The summed E-state index contributed by atoms with van der Waals surface area (Å²) in [5.41, 5.74) is 0.936. The van der Waals surface area contributed by atoms with Crippen molar-refractivity contribution in [2.24, 2.45) is 0 Å². The number of thiophene rings is 1. The van der Waals surface area contributed by atoms with Gasteiger partial charge in [0.15, 0.2) is 4.34 Å². The lowest BCUT2D eigenvalue weighted by Crippen LogP contribution is -1.87. The number of rotatable bonds is 4. The molecular formula is C10H10N2O3S3. The van der Waals surface area contributed by atoms with Crippen LogP contribution in [-0.4, -0.2) is 15.0 Å². The van der Waals surface area contributed by atoms with E-state index in [2.05, 4.69) is 4.98 Å². The lowest BCUT2D eigenvalue weighted by atomic mass is 10.3. The molecule has 0 aromatic carbocycles. The number of thiazole rings is 1. The highest BCUT2D eigenvalue weighted by atomic mass is 32.2. The van der Waals surface area contributed by atoms with Crippen LogP contribution in [0.15, 0.2) is 20.0 Å². The Hall–Kier alpha value is -0.960. The molecule has 0 aliphatic heterocycles. The molecule has 1 atom stereocenters. The third-order valence-corrected chi connectivity index (χ3v) is 5.63. The third kappa shape index (κ3) is 2.89. The molecule has 0 fully saturated rings. The topological polar surface area (TPSA) is 76.3 Å². The van der Waals surface area contributed by atoms with Gasteiger partial charge in [0.1, 0.15) is 4.21 Å². The molecular weight excluding hydrogens is 292 g/mol. The molecule has 18 heavy (non-hydrogen) atoms. The van der Waals surface area contributed by atoms with E-state index in [1.165, 1.54) is 40.5 Å². The molecule has 1 unspecified atom stereocenters. The number of aryl methyl sites for hydroxylation is 1. The summed E-state index contributed by atoms with van der Waals surface area (Å²) in [5, 5.41) is 22.3. The fourth-order valence-electron chi connectivity index (χ4n) is 1.25. The van der Waals surface area contributed by atoms with Crippen molar-refractivity contribution in [1.29, 1.82) is 0 Å². The highest BCUT2D eigenvalue weighted by Gasteiger charge is 2.22. The van der Waals surface area contributed by atoms with E-state index in [0.717, 1.165) is 10.0 Å². The van der Waals surface area contributed by atoms with Crippen LogP contribution in [0, 0.1) is 17.0 Å². The van der Waals surface area contributed by atoms with E-state index in [1.54, 1.807) is 6.92 Å². The Labute approximate surface area is 116 Å². The number of nitro groups is 1. The first kappa shape index (κ1) is 13.5. The summed E-state index contributed by atoms with van der Waals surface area (Å²) in [6.07, 6.45) is -0.693. The van der Waals surface area contributed by atoms with E-state index in [-0.39, 0.29) is 5.69 Å². The van der Waals surface area contributed by atoms with Crippen LogP contribution in [0.4, 0.5) is 5.69 Å². The minimum atomic E-state index is -0.693. The molecule has 0 aliphatic carbocycles. The van der Waals surface area contributed by atoms with Crippen molar-refractivity contribution in [3.8, 4) is 0 Å². The predicted molar refractivity (Wildman–Crippen MR) is 72.6 cm³/mol. The summed E-state index contributed by atoms with van der Waals surface area (Å²) in [6.45, 7) is 3.47. The van der Waals surface area contributed by atoms with Crippen LogP contribution < -0.4 is 0 Å². The highest BCUT2D eigenvalue weighted by molar-refractivity contribution is 8.02. The summed E-state index contributed by atoms with van der Waals surface area (Å²) in [7, 11) is 0. The fourth-order valence-corrected chi connectivity index (χ4v) is 4.58. The Kier molecular flexibility index (Phi) is 4.00. The maximum atomic E-state index is 11.0. The van der Waals surface area contributed by atoms with E-state index < -0.39 is 11.0 Å². The molecule has 2 aromatic rings. The molecule has 1 N–H and O–H groups in total. The standard InChI is InChI=1S/C10H10N2O3S3/c1-5-4-16-10(11-5)18-9-7(12(14)15)3-8(17-9)6(2)13/h3-4,6,13H,1-2H3. The Morgan fingerprint density at radius 1 is 1.61 bits per heavy atom. The van der Waals surface area contributed by atoms with E-state index in [1.807, 2.05) is 12.3 Å². The second kappa shape index (κ2) is 5.35. The number of hydrogen-bond acceptors (Lipinski definition) is 7. The maximum Gasteiger partial charge on any atom is 0.294 e. The lowest BCUT2D eigenvalue weighted by Gasteiger charge is -1.95. The Balaban J connectivity index is 2.33. The van der Waals surface area contributed by atoms with Gasteiger partial charge in [-0.15, -0.1) is 22.7 Å². The van der Waals surface area contributed by atoms with Crippen molar-refractivity contribution in [3.05, 3.63) is 32.1 Å². The lowest BCUT2D eigenvalue weighted by molar-refractivity contribution is -0.387. The average Bonchev–Trinajstić information content (AvgIpc) is 2.85. The molecule has 2 heterocycles. The van der Waals surface area contributed by atoms with Gasteiger partial charge in [0.2, 0.25) is 0 Å². The molecule has 0 amide bonds. The normalized spacial score (nSPS) is 12.6. The van der Waals surface area contributed by atoms with Gasteiger partial charge in [0.05, 0.1) is 11.0 Å². The molecule has 8 heteroatoms. The monoisotopic (exact) mass is 302 g/mol. The van der Waals surface area contributed by atoms with Crippen molar-refractivity contribution < 1.29 is 10.0 Å². The predicted octanol–water partition coefficient (Wildman–Crippen LogP) is 3.63. The first-order chi connectivity index (χ1) is 8.47. The number of hydrogen-bond donors (Lipinski definition) is 1. The highest BCUT2D eigenvalue weighted by Crippen LogP contribution is 2.43. The second-order valence-corrected chi connectivity index (χ2v) is 7.07. The molecule has 0 radical (unpaired) electrons. The zero-order valence-electron chi connectivity index (χ0n) is 9.61. The van der Waals surface area contributed by atoms with Crippen molar-refractivity contribution in [2.75, 3.05) is 0 Å². The van der Waals surface area contributed by atoms with E-state index in [9.17, 15) is 15.2 Å². The summed E-state index contributed by atoms with van der Waals surface area (Å²) in [4.78, 5) is 15.4. The van der Waals surface area contributed by atoms with E-state index in [0.29, 0.717) is 9.09 Å². The second-order valence-electron chi connectivity index (χ2n) is 3.61. The van der Waals surface area contributed by atoms with Gasteiger partial charge in [-0.1, -0.05) is 0 Å². The van der Waals surface area contributed by atoms with Crippen molar-refractivity contribution >= 4 is 40.1 Å². The SMILES string of the molecule is Cc1csc(Sc2sc(C(C)O)cc2[N+](=O)[O-])n1. The maximum absolute atomic E-state index is 11.0.